The highest BCUT2D eigenvalue weighted by atomic mass is 32.2. The summed E-state index contributed by atoms with van der Waals surface area (Å²) in [4.78, 5) is 39.8. The van der Waals surface area contributed by atoms with E-state index in [0.29, 0.717) is 13.0 Å². The van der Waals surface area contributed by atoms with Gasteiger partial charge in [-0.1, -0.05) is 43.2 Å². The summed E-state index contributed by atoms with van der Waals surface area (Å²) in [5.41, 5.74) is 0.997. The number of hydrogen-bond donors (Lipinski definition) is 1. The molecule has 0 bridgehead atoms. The van der Waals surface area contributed by atoms with Gasteiger partial charge in [0.1, 0.15) is 6.04 Å². The second-order valence-electron chi connectivity index (χ2n) is 7.04. The molecule has 1 aliphatic carbocycles. The molecule has 1 aromatic carbocycles. The van der Waals surface area contributed by atoms with E-state index in [9.17, 15) is 14.4 Å². The van der Waals surface area contributed by atoms with E-state index in [4.69, 9.17) is 0 Å². The number of nitrogens with zero attached hydrogens (tertiary/aromatic N) is 1. The van der Waals surface area contributed by atoms with Crippen molar-refractivity contribution in [3.05, 3.63) is 35.9 Å². The monoisotopic (exact) mass is 374 g/mol. The van der Waals surface area contributed by atoms with E-state index in [0.717, 1.165) is 37.0 Å². The first-order valence-electron chi connectivity index (χ1n) is 9.31. The molecule has 1 saturated carbocycles. The average molecular weight is 375 g/mol. The van der Waals surface area contributed by atoms with Gasteiger partial charge in [0, 0.05) is 6.54 Å². The SMILES string of the molecule is CSCC[C@H](C(=O)NCc1ccccc1)N1C(=O)[C@H]2CCCC[C@H]2C1=O. The van der Waals surface area contributed by atoms with Crippen molar-refractivity contribution in [2.45, 2.75) is 44.7 Å². The second kappa shape index (κ2) is 8.71. The van der Waals surface area contributed by atoms with Gasteiger partial charge in [-0.3, -0.25) is 19.3 Å². The summed E-state index contributed by atoms with van der Waals surface area (Å²) in [7, 11) is 0. The lowest BCUT2D eigenvalue weighted by atomic mass is 9.81. The molecular weight excluding hydrogens is 348 g/mol. The van der Waals surface area contributed by atoms with Crippen LogP contribution in [0.2, 0.25) is 0 Å². The van der Waals surface area contributed by atoms with E-state index in [2.05, 4.69) is 5.32 Å². The average Bonchev–Trinajstić information content (AvgIpc) is 2.93. The van der Waals surface area contributed by atoms with Crippen molar-refractivity contribution < 1.29 is 14.4 Å². The van der Waals surface area contributed by atoms with Gasteiger partial charge in [0.15, 0.2) is 0 Å². The normalized spacial score (nSPS) is 23.7. The number of imide groups is 1. The van der Waals surface area contributed by atoms with Gasteiger partial charge in [0.25, 0.3) is 0 Å². The van der Waals surface area contributed by atoms with Crippen molar-refractivity contribution in [1.29, 1.82) is 0 Å². The molecule has 0 spiro atoms. The van der Waals surface area contributed by atoms with Gasteiger partial charge in [0.2, 0.25) is 17.7 Å². The Balaban J connectivity index is 1.73. The van der Waals surface area contributed by atoms with Gasteiger partial charge < -0.3 is 5.32 Å². The maximum absolute atomic E-state index is 12.9. The molecule has 1 N–H and O–H groups in total. The quantitative estimate of drug-likeness (QED) is 0.745. The molecule has 1 saturated heterocycles. The Morgan fingerprint density at radius 1 is 1.15 bits per heavy atom. The van der Waals surface area contributed by atoms with Crippen molar-refractivity contribution in [3.8, 4) is 0 Å². The van der Waals surface area contributed by atoms with Crippen molar-refractivity contribution in [3.63, 3.8) is 0 Å². The van der Waals surface area contributed by atoms with Crippen LogP contribution in [0.1, 0.15) is 37.7 Å². The van der Waals surface area contributed by atoms with E-state index in [1.54, 1.807) is 11.8 Å². The Labute approximate surface area is 158 Å². The minimum absolute atomic E-state index is 0.138. The molecule has 6 heteroatoms. The van der Waals surface area contributed by atoms with Crippen LogP contribution in [0.15, 0.2) is 30.3 Å². The Kier molecular flexibility index (Phi) is 6.35. The van der Waals surface area contributed by atoms with Crippen molar-refractivity contribution in [2.75, 3.05) is 12.0 Å². The minimum atomic E-state index is -0.697. The van der Waals surface area contributed by atoms with Crippen LogP contribution in [0.5, 0.6) is 0 Å². The molecule has 1 aromatic rings. The number of thioether (sulfide) groups is 1. The van der Waals surface area contributed by atoms with Crippen molar-refractivity contribution >= 4 is 29.5 Å². The summed E-state index contributed by atoms with van der Waals surface area (Å²) < 4.78 is 0. The molecule has 2 fully saturated rings. The number of rotatable bonds is 7. The van der Waals surface area contributed by atoms with Crippen molar-refractivity contribution in [1.82, 2.24) is 10.2 Å². The predicted octanol–water partition coefficient (Wildman–Crippen LogP) is 2.60. The van der Waals surface area contributed by atoms with Crippen LogP contribution in [-0.4, -0.2) is 40.7 Å². The van der Waals surface area contributed by atoms with Gasteiger partial charge >= 0.3 is 0 Å². The molecule has 3 amide bonds. The van der Waals surface area contributed by atoms with Gasteiger partial charge in [0.05, 0.1) is 11.8 Å². The molecule has 3 atom stereocenters. The predicted molar refractivity (Wildman–Crippen MR) is 102 cm³/mol. The van der Waals surface area contributed by atoms with Crippen LogP contribution in [0.4, 0.5) is 0 Å². The first-order chi connectivity index (χ1) is 12.6. The van der Waals surface area contributed by atoms with E-state index in [1.807, 2.05) is 36.6 Å². The third-order valence-electron chi connectivity index (χ3n) is 5.39. The Morgan fingerprint density at radius 2 is 1.77 bits per heavy atom. The highest BCUT2D eigenvalue weighted by Crippen LogP contribution is 2.39. The molecule has 1 heterocycles. The van der Waals surface area contributed by atoms with E-state index in [-0.39, 0.29) is 29.6 Å². The standard InChI is InChI=1S/C20H26N2O3S/c1-26-12-11-17(18(23)21-13-14-7-3-2-4-8-14)22-19(24)15-9-5-6-10-16(15)20(22)25/h2-4,7-8,15-17H,5-6,9-13H2,1H3,(H,21,23)/t15-,16+,17-/m1/s1. The van der Waals surface area contributed by atoms with Gasteiger partial charge in [-0.25, -0.2) is 0 Å². The minimum Gasteiger partial charge on any atom is -0.350 e. The van der Waals surface area contributed by atoms with Crippen LogP contribution >= 0.6 is 11.8 Å². The fourth-order valence-electron chi connectivity index (χ4n) is 4.00. The fraction of sp³-hybridized carbons (Fsp3) is 0.550. The summed E-state index contributed by atoms with van der Waals surface area (Å²) in [6.45, 7) is 0.401. The summed E-state index contributed by atoms with van der Waals surface area (Å²) >= 11 is 1.62. The first kappa shape index (κ1) is 19.0. The third-order valence-corrected chi connectivity index (χ3v) is 6.04. The Bertz CT molecular complexity index is 640. The highest BCUT2D eigenvalue weighted by Gasteiger charge is 2.51. The zero-order valence-corrected chi connectivity index (χ0v) is 16.0. The summed E-state index contributed by atoms with van der Waals surface area (Å²) in [5, 5.41) is 2.91. The van der Waals surface area contributed by atoms with Crippen LogP contribution in [0, 0.1) is 11.8 Å². The number of nitrogens with one attached hydrogen (secondary N) is 1. The van der Waals surface area contributed by atoms with Crippen molar-refractivity contribution in [2.24, 2.45) is 11.8 Å². The molecule has 5 nitrogen and oxygen atoms in total. The number of carbonyl (C=O) groups excluding carboxylic acids is 3. The number of hydrogen-bond acceptors (Lipinski definition) is 4. The lowest BCUT2D eigenvalue weighted by Gasteiger charge is -2.26. The van der Waals surface area contributed by atoms with Gasteiger partial charge in [-0.05, 0) is 36.8 Å². The lowest BCUT2D eigenvalue weighted by Crippen LogP contribution is -2.50. The highest BCUT2D eigenvalue weighted by molar-refractivity contribution is 7.98. The number of likely N-dealkylation sites (tertiary alicyclic amines) is 1. The van der Waals surface area contributed by atoms with E-state index >= 15 is 0 Å². The summed E-state index contributed by atoms with van der Waals surface area (Å²) in [6, 6.07) is 8.96. The molecule has 140 valence electrons. The largest absolute Gasteiger partial charge is 0.350 e. The Morgan fingerprint density at radius 3 is 2.35 bits per heavy atom. The third kappa shape index (κ3) is 3.95. The van der Waals surface area contributed by atoms with Crippen LogP contribution in [0.3, 0.4) is 0 Å². The molecule has 0 unspecified atom stereocenters. The van der Waals surface area contributed by atoms with E-state index in [1.165, 1.54) is 4.90 Å². The molecular formula is C20H26N2O3S. The smallest absolute Gasteiger partial charge is 0.243 e. The maximum atomic E-state index is 12.9. The first-order valence-corrected chi connectivity index (χ1v) is 10.7. The molecule has 26 heavy (non-hydrogen) atoms. The lowest BCUT2D eigenvalue weighted by molar-refractivity contribution is -0.148. The topological polar surface area (TPSA) is 66.5 Å². The molecule has 0 aromatic heterocycles. The van der Waals surface area contributed by atoms with Crippen LogP contribution < -0.4 is 5.32 Å². The van der Waals surface area contributed by atoms with Gasteiger partial charge in [-0.2, -0.15) is 11.8 Å². The fourth-order valence-corrected chi connectivity index (χ4v) is 4.46. The summed E-state index contributed by atoms with van der Waals surface area (Å²) in [6.07, 6.45) is 5.98. The number of benzene rings is 1. The number of carbonyl (C=O) groups is 3. The van der Waals surface area contributed by atoms with Gasteiger partial charge in [-0.15, -0.1) is 0 Å². The maximum Gasteiger partial charge on any atom is 0.243 e. The zero-order valence-electron chi connectivity index (χ0n) is 15.1. The summed E-state index contributed by atoms with van der Waals surface area (Å²) in [5.74, 6) is -0.204. The second-order valence-corrected chi connectivity index (χ2v) is 8.03. The zero-order chi connectivity index (χ0) is 18.5. The molecule has 1 aliphatic heterocycles. The molecule has 2 aliphatic rings. The van der Waals surface area contributed by atoms with Crippen LogP contribution in [0.25, 0.3) is 0 Å². The van der Waals surface area contributed by atoms with E-state index < -0.39 is 6.04 Å². The molecule has 3 rings (SSSR count). The number of amides is 3. The number of fused-ring (bicyclic) bond motifs is 1. The van der Waals surface area contributed by atoms with Crippen LogP contribution in [-0.2, 0) is 20.9 Å². The molecule has 0 radical (unpaired) electrons. The Hall–Kier alpha value is -1.82.